The van der Waals surface area contributed by atoms with Crippen LogP contribution in [0, 0.1) is 0 Å². The zero-order chi connectivity index (χ0) is 32.2. The van der Waals surface area contributed by atoms with Crippen molar-refractivity contribution >= 4 is 86.6 Å². The first kappa shape index (κ1) is 38.8. The van der Waals surface area contributed by atoms with Crippen molar-refractivity contribution in [3.8, 4) is 0 Å². The maximum absolute atomic E-state index is 6.58. The van der Waals surface area contributed by atoms with Crippen LogP contribution in [0.1, 0.15) is 0 Å². The van der Waals surface area contributed by atoms with Gasteiger partial charge in [0.15, 0.2) is 0 Å². The van der Waals surface area contributed by atoms with E-state index in [-0.39, 0.29) is 0 Å². The molecule has 41 heavy (non-hydrogen) atoms. The molecule has 0 aromatic rings. The maximum Gasteiger partial charge on any atom is 0.474 e. The molecule has 3 aliphatic rings. The number of fused-ring (bicyclic) bond motifs is 4. The highest BCUT2D eigenvalue weighted by Crippen LogP contribution is 2.41. The predicted molar refractivity (Wildman–Crippen MR) is 177 cm³/mol. The molecule has 0 N–H and O–H groups in total. The molecule has 3 fully saturated rings. The third-order valence-electron chi connectivity index (χ3n) is 5.67. The van der Waals surface area contributed by atoms with Gasteiger partial charge in [0.1, 0.15) is 0 Å². The number of hydrogen-bond donors (Lipinski definition) is 0. The zero-order valence-corrected chi connectivity index (χ0v) is 38.3. The molecule has 3 rings (SSSR count). The fourth-order valence-electron chi connectivity index (χ4n) is 5.33. The summed E-state index contributed by atoms with van der Waals surface area (Å²) in [5, 5.41) is 0. The molecule has 3 heterocycles. The monoisotopic (exact) mass is 758 g/mol. The van der Waals surface area contributed by atoms with Gasteiger partial charge in [0.25, 0.3) is 0 Å². The molecular weight excluding hydrogens is 705 g/mol. The van der Waals surface area contributed by atoms with Gasteiger partial charge >= 0.3 is 86.6 Å². The zero-order valence-electron chi connectivity index (χ0n) is 28.3. The highest BCUT2D eigenvalue weighted by molar-refractivity contribution is 6.98. The summed E-state index contributed by atoms with van der Waals surface area (Å²) in [6, 6.07) is 0. The minimum absolute atomic E-state index is 1.69. The second kappa shape index (κ2) is 12.3. The Morgan fingerprint density at radius 3 is 0.707 bits per heavy atom. The third kappa shape index (κ3) is 12.1. The normalized spacial score (nSPS) is 38.5. The van der Waals surface area contributed by atoms with Crippen LogP contribution in [0.4, 0.5) is 0 Å². The molecular formula is C18H54O13Si10. The summed E-state index contributed by atoms with van der Waals surface area (Å²) in [4.78, 5) is 0. The van der Waals surface area contributed by atoms with E-state index in [1.54, 1.807) is 14.2 Å². The third-order valence-corrected chi connectivity index (χ3v) is 45.1. The first-order valence-electron chi connectivity index (χ1n) is 13.7. The Kier molecular flexibility index (Phi) is 11.7. The van der Waals surface area contributed by atoms with Crippen LogP contribution in [0.5, 0.6) is 0 Å². The second-order valence-electron chi connectivity index (χ2n) is 13.4. The molecule has 3 aliphatic heterocycles. The minimum atomic E-state index is -3.32. The highest BCUT2D eigenvalue weighted by Gasteiger charge is 2.68. The summed E-state index contributed by atoms with van der Waals surface area (Å²) in [6.45, 7) is 31.2. The SMILES string of the molecule is CO[Si](C)(C)O[Si](C)(C)OC.C[Si]1(C)O[Si](C)(C)O[Si]2(C)O[Si](C)(O1)O[Si]1(C)O[Si](C)(C)O[Si](C)(C)O[Si](C)(O1)O2. The molecule has 244 valence electrons. The van der Waals surface area contributed by atoms with Gasteiger partial charge in [0.2, 0.25) is 0 Å². The lowest BCUT2D eigenvalue weighted by molar-refractivity contribution is 0.0609. The van der Waals surface area contributed by atoms with E-state index in [1.807, 2.05) is 105 Å². The lowest BCUT2D eigenvalue weighted by Gasteiger charge is -2.54. The van der Waals surface area contributed by atoms with Crippen LogP contribution in [0.3, 0.4) is 0 Å². The smallest absolute Gasteiger partial charge is 0.416 e. The van der Waals surface area contributed by atoms with Crippen molar-refractivity contribution in [3.05, 3.63) is 0 Å². The molecule has 0 aromatic carbocycles. The molecule has 0 aromatic heterocycles. The quantitative estimate of drug-likeness (QED) is 0.359. The van der Waals surface area contributed by atoms with Crippen molar-refractivity contribution in [2.45, 2.75) is 105 Å². The average molecular weight is 759 g/mol. The van der Waals surface area contributed by atoms with Crippen molar-refractivity contribution in [2.75, 3.05) is 14.2 Å². The summed E-state index contributed by atoms with van der Waals surface area (Å²) in [6.07, 6.45) is 0. The van der Waals surface area contributed by atoms with E-state index in [1.165, 1.54) is 0 Å². The van der Waals surface area contributed by atoms with E-state index in [0.29, 0.717) is 0 Å². The van der Waals surface area contributed by atoms with Gasteiger partial charge in [-0.2, -0.15) is 0 Å². The van der Waals surface area contributed by atoms with Crippen LogP contribution in [0.25, 0.3) is 0 Å². The van der Waals surface area contributed by atoms with Gasteiger partial charge in [-0.3, -0.25) is 0 Å². The van der Waals surface area contributed by atoms with E-state index < -0.39 is 86.6 Å². The van der Waals surface area contributed by atoms with Crippen LogP contribution in [-0.2, 0) is 54.1 Å². The van der Waals surface area contributed by atoms with E-state index >= 15 is 0 Å². The molecule has 0 unspecified atom stereocenters. The van der Waals surface area contributed by atoms with Crippen LogP contribution < -0.4 is 0 Å². The first-order valence-corrected chi connectivity index (χ1v) is 39.5. The second-order valence-corrected chi connectivity index (χ2v) is 46.9. The molecule has 23 heteroatoms. The first-order chi connectivity index (χ1) is 17.9. The van der Waals surface area contributed by atoms with Gasteiger partial charge in [-0.05, 0) is 78.6 Å². The Morgan fingerprint density at radius 1 is 0.341 bits per heavy atom. The fraction of sp³-hybridized carbons (Fsp3) is 1.00. The summed E-state index contributed by atoms with van der Waals surface area (Å²) >= 11 is 0. The van der Waals surface area contributed by atoms with Gasteiger partial charge in [-0.1, -0.05) is 0 Å². The van der Waals surface area contributed by atoms with Gasteiger partial charge in [0, 0.05) is 40.4 Å². The van der Waals surface area contributed by atoms with Gasteiger partial charge in [-0.25, -0.2) is 0 Å². The molecule has 0 radical (unpaired) electrons. The lowest BCUT2D eigenvalue weighted by Crippen LogP contribution is -2.78. The Bertz CT molecular complexity index is 819. The van der Waals surface area contributed by atoms with Gasteiger partial charge < -0.3 is 54.1 Å². The molecule has 0 spiro atoms. The Morgan fingerprint density at radius 2 is 0.537 bits per heavy atom. The van der Waals surface area contributed by atoms with Crippen LogP contribution in [0.15, 0.2) is 0 Å². The topological polar surface area (TPSA) is 120 Å². The number of rotatable bonds is 4. The summed E-state index contributed by atoms with van der Waals surface area (Å²) in [5.41, 5.74) is 0. The van der Waals surface area contributed by atoms with Crippen molar-refractivity contribution in [1.29, 1.82) is 0 Å². The summed E-state index contributed by atoms with van der Waals surface area (Å²) < 4.78 is 81.4. The summed E-state index contributed by atoms with van der Waals surface area (Å²) in [5.74, 6) is 0. The van der Waals surface area contributed by atoms with Crippen LogP contribution >= 0.6 is 0 Å². The molecule has 0 amide bonds. The van der Waals surface area contributed by atoms with E-state index in [0.717, 1.165) is 0 Å². The van der Waals surface area contributed by atoms with Crippen molar-refractivity contribution in [1.82, 2.24) is 0 Å². The lowest BCUT2D eigenvalue weighted by atomic mass is 11.8. The van der Waals surface area contributed by atoms with Crippen molar-refractivity contribution < 1.29 is 54.1 Å². The predicted octanol–water partition coefficient (Wildman–Crippen LogP) is 4.97. The largest absolute Gasteiger partial charge is 0.474 e. The molecule has 3 saturated heterocycles. The van der Waals surface area contributed by atoms with Gasteiger partial charge in [0.05, 0.1) is 0 Å². The molecule has 0 aliphatic carbocycles. The van der Waals surface area contributed by atoms with Crippen molar-refractivity contribution in [2.24, 2.45) is 0 Å². The average Bonchev–Trinajstić information content (AvgIpc) is 2.58. The minimum Gasteiger partial charge on any atom is -0.416 e. The Balaban J connectivity index is 0.000000454. The van der Waals surface area contributed by atoms with E-state index in [2.05, 4.69) is 0 Å². The molecule has 0 atom stereocenters. The number of hydrogen-bond acceptors (Lipinski definition) is 13. The molecule has 0 saturated carbocycles. The van der Waals surface area contributed by atoms with Crippen LogP contribution in [-0.4, -0.2) is 101 Å². The van der Waals surface area contributed by atoms with E-state index in [4.69, 9.17) is 54.1 Å². The van der Waals surface area contributed by atoms with E-state index in [9.17, 15) is 0 Å². The molecule has 13 nitrogen and oxygen atoms in total. The van der Waals surface area contributed by atoms with Gasteiger partial charge in [-0.15, -0.1) is 0 Å². The Labute approximate surface area is 258 Å². The fourth-order valence-corrected chi connectivity index (χ4v) is 53.9. The standard InChI is InChI=1S/C12H36O10Si8.C6H18O3Si2/c1-23(2)13-24(3,4)16-28(10)19-27(9,15-23)21-29(11)17-25(5,6)14-26(7,8)18-30(12,20-29)22-28;1-7-10(3,4)9-11(5,6)8-2/h1-12H3;1-6H3. The molecule has 4 bridgehead atoms. The van der Waals surface area contributed by atoms with Crippen molar-refractivity contribution in [3.63, 3.8) is 0 Å². The highest BCUT2D eigenvalue weighted by atomic mass is 28.6. The maximum atomic E-state index is 6.58. The Hall–Kier alpha value is 1.65. The van der Waals surface area contributed by atoms with Crippen LogP contribution in [0.2, 0.25) is 105 Å². The summed E-state index contributed by atoms with van der Waals surface area (Å²) in [7, 11) is -24.1.